The number of carbonyl (C=O) groups is 1. The Kier molecular flexibility index (Phi) is 4.40. The Balaban J connectivity index is 1.55. The van der Waals surface area contributed by atoms with Crippen LogP contribution in [0.5, 0.6) is 0 Å². The molecule has 1 aromatic heterocycles. The molecule has 4 rings (SSSR count). The first-order valence-electron chi connectivity index (χ1n) is 7.66. The molecule has 4 nitrogen and oxygen atoms in total. The average molecular weight is 353 g/mol. The van der Waals surface area contributed by atoms with Gasteiger partial charge in [-0.25, -0.2) is 4.98 Å². The summed E-state index contributed by atoms with van der Waals surface area (Å²) >= 11 is 3.90. The molecule has 1 aliphatic rings. The van der Waals surface area contributed by atoms with Gasteiger partial charge in [0.25, 0.3) is 5.91 Å². The van der Waals surface area contributed by atoms with E-state index in [1.807, 2.05) is 66.0 Å². The van der Waals surface area contributed by atoms with E-state index >= 15 is 0 Å². The van der Waals surface area contributed by atoms with E-state index in [0.717, 1.165) is 16.7 Å². The number of aromatic nitrogens is 2. The van der Waals surface area contributed by atoms with Gasteiger partial charge in [-0.3, -0.25) is 9.78 Å². The first-order chi connectivity index (χ1) is 11.8. The second-order valence-corrected chi connectivity index (χ2v) is 8.12. The number of anilines is 1. The van der Waals surface area contributed by atoms with Crippen LogP contribution in [0.25, 0.3) is 11.0 Å². The first kappa shape index (κ1) is 15.5. The van der Waals surface area contributed by atoms with Crippen LogP contribution in [-0.2, 0) is 0 Å². The lowest BCUT2D eigenvalue weighted by atomic mass is 10.2. The Morgan fingerprint density at radius 3 is 2.67 bits per heavy atom. The topological polar surface area (TPSA) is 54.9 Å². The molecule has 120 valence electrons. The number of nitrogens with zero attached hydrogens (tertiary/aromatic N) is 2. The summed E-state index contributed by atoms with van der Waals surface area (Å²) in [7, 11) is 0. The third-order valence-corrected chi connectivity index (χ3v) is 6.82. The number of thioether (sulfide) groups is 2. The summed E-state index contributed by atoms with van der Waals surface area (Å²) in [5, 5.41) is 2.93. The van der Waals surface area contributed by atoms with Gasteiger partial charge in [-0.1, -0.05) is 24.3 Å². The van der Waals surface area contributed by atoms with Gasteiger partial charge in [-0.2, -0.15) is 0 Å². The van der Waals surface area contributed by atoms with Crippen molar-refractivity contribution in [1.29, 1.82) is 0 Å². The molecule has 6 heteroatoms. The largest absolute Gasteiger partial charge is 0.321 e. The molecule has 0 aliphatic carbocycles. The van der Waals surface area contributed by atoms with Crippen molar-refractivity contribution in [2.24, 2.45) is 0 Å². The van der Waals surface area contributed by atoms with E-state index in [9.17, 15) is 4.79 Å². The molecule has 0 saturated carbocycles. The number of amides is 1. The van der Waals surface area contributed by atoms with E-state index in [1.54, 1.807) is 0 Å². The van der Waals surface area contributed by atoms with Gasteiger partial charge in [0.05, 0.1) is 21.8 Å². The van der Waals surface area contributed by atoms with Crippen LogP contribution in [0.3, 0.4) is 0 Å². The molecule has 24 heavy (non-hydrogen) atoms. The van der Waals surface area contributed by atoms with Gasteiger partial charge in [0.15, 0.2) is 0 Å². The lowest BCUT2D eigenvalue weighted by Gasteiger charge is -2.11. The second-order valence-electron chi connectivity index (χ2n) is 5.40. The Hall–Kier alpha value is -2.05. The summed E-state index contributed by atoms with van der Waals surface area (Å²) in [6.45, 7) is 0. The number of carbonyl (C=O) groups excluding carboxylic acids is 1. The minimum Gasteiger partial charge on any atom is -0.321 e. The van der Waals surface area contributed by atoms with E-state index in [0.29, 0.717) is 10.3 Å². The summed E-state index contributed by atoms with van der Waals surface area (Å²) in [5.74, 6) is 2.12. The SMILES string of the molecule is O=C(Nc1cccc(C2SCCS2)c1)c1cnc2ccccc2n1. The lowest BCUT2D eigenvalue weighted by molar-refractivity contribution is 0.102. The fourth-order valence-electron chi connectivity index (χ4n) is 2.58. The zero-order valence-electron chi connectivity index (χ0n) is 12.8. The average Bonchev–Trinajstić information content (AvgIpc) is 3.16. The van der Waals surface area contributed by atoms with Crippen molar-refractivity contribution in [1.82, 2.24) is 9.97 Å². The van der Waals surface area contributed by atoms with E-state index in [4.69, 9.17) is 0 Å². The highest BCUT2D eigenvalue weighted by molar-refractivity contribution is 8.19. The highest BCUT2D eigenvalue weighted by atomic mass is 32.2. The Morgan fingerprint density at radius 2 is 1.83 bits per heavy atom. The van der Waals surface area contributed by atoms with Crippen LogP contribution in [0.15, 0.2) is 54.7 Å². The molecule has 1 saturated heterocycles. The molecule has 2 aromatic carbocycles. The van der Waals surface area contributed by atoms with Crippen LogP contribution in [-0.4, -0.2) is 27.4 Å². The maximum absolute atomic E-state index is 12.5. The van der Waals surface area contributed by atoms with Crippen LogP contribution in [0.1, 0.15) is 20.6 Å². The van der Waals surface area contributed by atoms with Gasteiger partial charge < -0.3 is 5.32 Å². The van der Waals surface area contributed by atoms with Crippen molar-refractivity contribution >= 4 is 46.2 Å². The highest BCUT2D eigenvalue weighted by Crippen LogP contribution is 2.45. The van der Waals surface area contributed by atoms with E-state index in [1.165, 1.54) is 23.3 Å². The van der Waals surface area contributed by atoms with Crippen LogP contribution in [0.4, 0.5) is 5.69 Å². The van der Waals surface area contributed by atoms with E-state index in [2.05, 4.69) is 21.4 Å². The van der Waals surface area contributed by atoms with Crippen molar-refractivity contribution in [2.45, 2.75) is 4.58 Å². The van der Waals surface area contributed by atoms with Gasteiger partial charge in [0.2, 0.25) is 0 Å². The van der Waals surface area contributed by atoms with Crippen LogP contribution in [0, 0.1) is 0 Å². The summed E-state index contributed by atoms with van der Waals surface area (Å²) in [6.07, 6.45) is 1.52. The van der Waals surface area contributed by atoms with Crippen molar-refractivity contribution in [3.8, 4) is 0 Å². The maximum atomic E-state index is 12.5. The molecule has 1 aliphatic heterocycles. The Labute approximate surface area is 148 Å². The number of nitrogens with one attached hydrogen (secondary N) is 1. The predicted molar refractivity (Wildman–Crippen MR) is 102 cm³/mol. The van der Waals surface area contributed by atoms with Gasteiger partial charge in [0.1, 0.15) is 5.69 Å². The Morgan fingerprint density at radius 1 is 1.04 bits per heavy atom. The summed E-state index contributed by atoms with van der Waals surface area (Å²) in [6, 6.07) is 15.6. The molecule has 3 aromatic rings. The molecule has 0 bridgehead atoms. The van der Waals surface area contributed by atoms with E-state index in [-0.39, 0.29) is 5.91 Å². The molecule has 2 heterocycles. The molecule has 1 fully saturated rings. The quantitative estimate of drug-likeness (QED) is 0.758. The number of benzene rings is 2. The molecule has 0 atom stereocenters. The van der Waals surface area contributed by atoms with Crippen molar-refractivity contribution in [3.05, 3.63) is 66.0 Å². The minimum atomic E-state index is -0.239. The zero-order valence-corrected chi connectivity index (χ0v) is 14.4. The van der Waals surface area contributed by atoms with Crippen molar-refractivity contribution in [2.75, 3.05) is 16.8 Å². The number of hydrogen-bond donors (Lipinski definition) is 1. The molecule has 0 radical (unpaired) electrons. The molecule has 1 N–H and O–H groups in total. The monoisotopic (exact) mass is 353 g/mol. The van der Waals surface area contributed by atoms with Crippen molar-refractivity contribution < 1.29 is 4.79 Å². The maximum Gasteiger partial charge on any atom is 0.275 e. The summed E-state index contributed by atoms with van der Waals surface area (Å²) in [4.78, 5) is 21.1. The second kappa shape index (κ2) is 6.83. The fourth-order valence-corrected chi connectivity index (χ4v) is 5.41. The third-order valence-electron chi connectivity index (χ3n) is 3.72. The Bertz CT molecular complexity index is 894. The summed E-state index contributed by atoms with van der Waals surface area (Å²) < 4.78 is 0.460. The fraction of sp³-hybridized carbons (Fsp3) is 0.167. The molecular formula is C18H15N3OS2. The van der Waals surface area contributed by atoms with Crippen LogP contribution in [0.2, 0.25) is 0 Å². The van der Waals surface area contributed by atoms with Crippen LogP contribution >= 0.6 is 23.5 Å². The van der Waals surface area contributed by atoms with E-state index < -0.39 is 0 Å². The standard InChI is InChI=1S/C18H15N3OS2/c22-17(16-11-19-14-6-1-2-7-15(14)21-16)20-13-5-3-4-12(10-13)18-23-8-9-24-18/h1-7,10-11,18H,8-9H2,(H,20,22). The zero-order chi connectivity index (χ0) is 16.4. The predicted octanol–water partition coefficient (Wildman–Crippen LogP) is 4.36. The minimum absolute atomic E-state index is 0.239. The molecular weight excluding hydrogens is 338 g/mol. The summed E-state index contributed by atoms with van der Waals surface area (Å²) in [5.41, 5.74) is 3.86. The van der Waals surface area contributed by atoms with Crippen molar-refractivity contribution in [3.63, 3.8) is 0 Å². The normalized spacial score (nSPS) is 14.8. The van der Waals surface area contributed by atoms with Crippen LogP contribution < -0.4 is 5.32 Å². The molecule has 0 unspecified atom stereocenters. The first-order valence-corrected chi connectivity index (χ1v) is 9.76. The number of rotatable bonds is 3. The number of fused-ring (bicyclic) bond motifs is 1. The van der Waals surface area contributed by atoms with Gasteiger partial charge >= 0.3 is 0 Å². The number of para-hydroxylation sites is 2. The molecule has 0 spiro atoms. The highest BCUT2D eigenvalue weighted by Gasteiger charge is 2.18. The molecule has 1 amide bonds. The van der Waals surface area contributed by atoms with Gasteiger partial charge in [0, 0.05) is 17.2 Å². The van der Waals surface area contributed by atoms with Gasteiger partial charge in [-0.15, -0.1) is 23.5 Å². The number of hydrogen-bond acceptors (Lipinski definition) is 5. The third kappa shape index (κ3) is 3.25. The van der Waals surface area contributed by atoms with Gasteiger partial charge in [-0.05, 0) is 29.8 Å². The lowest BCUT2D eigenvalue weighted by Crippen LogP contribution is -2.14. The smallest absolute Gasteiger partial charge is 0.275 e.